The summed E-state index contributed by atoms with van der Waals surface area (Å²) in [5.41, 5.74) is 0.333. The average molecular weight is 267 g/mol. The number of nitrogens with one attached hydrogen (secondary N) is 1. The molecule has 0 bridgehead atoms. The quantitative estimate of drug-likeness (QED) is 0.909. The van der Waals surface area contributed by atoms with Gasteiger partial charge in [-0.05, 0) is 37.4 Å². The van der Waals surface area contributed by atoms with Crippen LogP contribution < -0.4 is 5.32 Å². The lowest BCUT2D eigenvalue weighted by molar-refractivity contribution is -0.0712. The third kappa shape index (κ3) is 2.51. The summed E-state index contributed by atoms with van der Waals surface area (Å²) >= 11 is 0. The Hall–Kier alpha value is -1.00. The van der Waals surface area contributed by atoms with Gasteiger partial charge in [0.25, 0.3) is 0 Å². The highest BCUT2D eigenvalue weighted by atomic mass is 19.1. The van der Waals surface area contributed by atoms with Crippen LogP contribution in [0.2, 0.25) is 0 Å². The number of benzene rings is 1. The lowest BCUT2D eigenvalue weighted by Gasteiger charge is -2.45. The number of halogens is 2. The second kappa shape index (κ2) is 5.17. The molecule has 2 saturated heterocycles. The van der Waals surface area contributed by atoms with Gasteiger partial charge in [0.1, 0.15) is 11.6 Å². The van der Waals surface area contributed by atoms with E-state index in [1.54, 1.807) is 6.07 Å². The summed E-state index contributed by atoms with van der Waals surface area (Å²) in [6.07, 6.45) is 4.44. The molecule has 0 radical (unpaired) electrons. The molecule has 1 N–H and O–H groups in total. The van der Waals surface area contributed by atoms with E-state index >= 15 is 0 Å². The zero-order valence-corrected chi connectivity index (χ0v) is 10.9. The van der Waals surface area contributed by atoms with Crippen molar-refractivity contribution >= 4 is 0 Å². The Morgan fingerprint density at radius 2 is 2.11 bits per heavy atom. The molecule has 2 nitrogen and oxygen atoms in total. The Labute approximate surface area is 112 Å². The molecule has 3 rings (SSSR count). The lowest BCUT2D eigenvalue weighted by Crippen LogP contribution is -2.52. The topological polar surface area (TPSA) is 21.3 Å². The van der Waals surface area contributed by atoms with Crippen molar-refractivity contribution in [3.05, 3.63) is 35.4 Å². The zero-order chi connectivity index (χ0) is 13.3. The Bertz CT molecular complexity index is 453. The van der Waals surface area contributed by atoms with Gasteiger partial charge in [0.15, 0.2) is 0 Å². The summed E-state index contributed by atoms with van der Waals surface area (Å²) in [5, 5.41) is 3.49. The standard InChI is InChI=1S/C15H19F2NO/c16-11-4-5-13(14(17)7-11)15(9-19-10-15)8-12-3-1-2-6-18-12/h4-5,7,12,18H,1-3,6,8-10H2. The fourth-order valence-electron chi connectivity index (χ4n) is 3.22. The summed E-state index contributed by atoms with van der Waals surface area (Å²) in [5.74, 6) is -0.966. The molecule has 19 heavy (non-hydrogen) atoms. The first kappa shape index (κ1) is 13.0. The minimum absolute atomic E-state index is 0.271. The number of rotatable bonds is 3. The third-order valence-corrected chi connectivity index (χ3v) is 4.31. The normalized spacial score (nSPS) is 25.9. The molecular formula is C15H19F2NO. The Morgan fingerprint density at radius 3 is 2.68 bits per heavy atom. The average Bonchev–Trinajstić information content (AvgIpc) is 2.36. The van der Waals surface area contributed by atoms with Gasteiger partial charge in [-0.2, -0.15) is 0 Å². The third-order valence-electron chi connectivity index (χ3n) is 4.31. The molecule has 1 atom stereocenters. The molecule has 0 aliphatic carbocycles. The van der Waals surface area contributed by atoms with Gasteiger partial charge in [-0.1, -0.05) is 12.5 Å². The molecule has 0 amide bonds. The van der Waals surface area contributed by atoms with E-state index in [-0.39, 0.29) is 5.41 Å². The predicted octanol–water partition coefficient (Wildman–Crippen LogP) is 2.77. The maximum absolute atomic E-state index is 14.0. The molecule has 1 aromatic rings. The summed E-state index contributed by atoms with van der Waals surface area (Å²) in [6.45, 7) is 2.11. The molecule has 2 fully saturated rings. The lowest BCUT2D eigenvalue weighted by atomic mass is 9.72. The van der Waals surface area contributed by atoms with Gasteiger partial charge in [-0.3, -0.25) is 0 Å². The molecule has 0 spiro atoms. The molecule has 0 aromatic heterocycles. The van der Waals surface area contributed by atoms with E-state index in [0.29, 0.717) is 24.8 Å². The first-order valence-corrected chi connectivity index (χ1v) is 6.96. The van der Waals surface area contributed by atoms with Crippen LogP contribution >= 0.6 is 0 Å². The summed E-state index contributed by atoms with van der Waals surface area (Å²) < 4.78 is 32.4. The number of hydrogen-bond donors (Lipinski definition) is 1. The number of hydrogen-bond acceptors (Lipinski definition) is 2. The molecule has 2 aliphatic rings. The van der Waals surface area contributed by atoms with Crippen molar-refractivity contribution < 1.29 is 13.5 Å². The van der Waals surface area contributed by atoms with E-state index in [1.807, 2.05) is 0 Å². The summed E-state index contributed by atoms with van der Waals surface area (Å²) in [7, 11) is 0. The van der Waals surface area contributed by atoms with E-state index in [9.17, 15) is 8.78 Å². The van der Waals surface area contributed by atoms with E-state index in [0.717, 1.165) is 25.5 Å². The highest BCUT2D eigenvalue weighted by Gasteiger charge is 2.43. The summed E-state index contributed by atoms with van der Waals surface area (Å²) in [4.78, 5) is 0. The second-order valence-corrected chi connectivity index (χ2v) is 5.75. The molecule has 4 heteroatoms. The minimum atomic E-state index is -0.521. The molecule has 2 aliphatic heterocycles. The van der Waals surface area contributed by atoms with Crippen LogP contribution in [0.15, 0.2) is 18.2 Å². The Balaban J connectivity index is 1.81. The van der Waals surface area contributed by atoms with Crippen molar-refractivity contribution in [2.45, 2.75) is 37.1 Å². The summed E-state index contributed by atoms with van der Waals surface area (Å²) in [6, 6.07) is 4.31. The van der Waals surface area contributed by atoms with Crippen molar-refractivity contribution in [3.63, 3.8) is 0 Å². The van der Waals surface area contributed by atoms with Gasteiger partial charge in [0, 0.05) is 17.5 Å². The van der Waals surface area contributed by atoms with E-state index < -0.39 is 11.6 Å². The Morgan fingerprint density at radius 1 is 1.26 bits per heavy atom. The molecule has 1 aromatic carbocycles. The van der Waals surface area contributed by atoms with E-state index in [4.69, 9.17) is 4.74 Å². The first-order valence-electron chi connectivity index (χ1n) is 6.96. The molecule has 2 heterocycles. The van der Waals surface area contributed by atoms with Crippen molar-refractivity contribution in [2.75, 3.05) is 19.8 Å². The Kier molecular flexibility index (Phi) is 3.54. The van der Waals surface area contributed by atoms with E-state index in [2.05, 4.69) is 5.32 Å². The van der Waals surface area contributed by atoms with Gasteiger partial charge >= 0.3 is 0 Å². The van der Waals surface area contributed by atoms with Crippen LogP contribution in [0.5, 0.6) is 0 Å². The smallest absolute Gasteiger partial charge is 0.130 e. The highest BCUT2D eigenvalue weighted by Crippen LogP contribution is 2.39. The van der Waals surface area contributed by atoms with Gasteiger partial charge in [0.05, 0.1) is 13.2 Å². The molecule has 0 saturated carbocycles. The van der Waals surface area contributed by atoms with Gasteiger partial charge in [-0.25, -0.2) is 8.78 Å². The monoisotopic (exact) mass is 267 g/mol. The minimum Gasteiger partial charge on any atom is -0.379 e. The largest absolute Gasteiger partial charge is 0.379 e. The fourth-order valence-corrected chi connectivity index (χ4v) is 3.22. The van der Waals surface area contributed by atoms with Crippen molar-refractivity contribution in [2.24, 2.45) is 0 Å². The second-order valence-electron chi connectivity index (χ2n) is 5.75. The van der Waals surface area contributed by atoms with Crippen LogP contribution in [0.3, 0.4) is 0 Å². The van der Waals surface area contributed by atoms with Crippen LogP contribution in [0.25, 0.3) is 0 Å². The van der Waals surface area contributed by atoms with Crippen LogP contribution in [-0.4, -0.2) is 25.8 Å². The molecular weight excluding hydrogens is 248 g/mol. The van der Waals surface area contributed by atoms with Crippen LogP contribution in [-0.2, 0) is 10.2 Å². The predicted molar refractivity (Wildman–Crippen MR) is 69.1 cm³/mol. The van der Waals surface area contributed by atoms with Crippen molar-refractivity contribution in [3.8, 4) is 0 Å². The van der Waals surface area contributed by atoms with Crippen molar-refractivity contribution in [1.29, 1.82) is 0 Å². The SMILES string of the molecule is Fc1ccc(C2(CC3CCCCN3)COC2)c(F)c1. The first-order chi connectivity index (χ1) is 9.20. The molecule has 104 valence electrons. The highest BCUT2D eigenvalue weighted by molar-refractivity contribution is 5.30. The number of piperidine rings is 1. The maximum Gasteiger partial charge on any atom is 0.130 e. The van der Waals surface area contributed by atoms with Crippen molar-refractivity contribution in [1.82, 2.24) is 5.32 Å². The van der Waals surface area contributed by atoms with Gasteiger partial charge in [0.2, 0.25) is 0 Å². The fraction of sp³-hybridized carbons (Fsp3) is 0.600. The van der Waals surface area contributed by atoms with Gasteiger partial charge < -0.3 is 10.1 Å². The van der Waals surface area contributed by atoms with Crippen LogP contribution in [0, 0.1) is 11.6 Å². The van der Waals surface area contributed by atoms with Crippen LogP contribution in [0.1, 0.15) is 31.2 Å². The van der Waals surface area contributed by atoms with Gasteiger partial charge in [-0.15, -0.1) is 0 Å². The van der Waals surface area contributed by atoms with Crippen LogP contribution in [0.4, 0.5) is 8.78 Å². The molecule has 1 unspecified atom stereocenters. The zero-order valence-electron chi connectivity index (χ0n) is 10.9. The maximum atomic E-state index is 14.0. The number of ether oxygens (including phenoxy) is 1. The van der Waals surface area contributed by atoms with E-state index in [1.165, 1.54) is 18.9 Å².